The van der Waals surface area contributed by atoms with Gasteiger partial charge in [0.1, 0.15) is 4.90 Å². The van der Waals surface area contributed by atoms with Gasteiger partial charge in [0.15, 0.2) is 0 Å². The van der Waals surface area contributed by atoms with Crippen molar-refractivity contribution in [1.82, 2.24) is 19.0 Å². The van der Waals surface area contributed by atoms with Crippen molar-refractivity contribution in [3.8, 4) is 0 Å². The van der Waals surface area contributed by atoms with Gasteiger partial charge in [0, 0.05) is 45.0 Å². The maximum atomic E-state index is 12.6. The molecule has 1 N–H and O–H groups in total. The van der Waals surface area contributed by atoms with Gasteiger partial charge in [-0.1, -0.05) is 0 Å². The van der Waals surface area contributed by atoms with E-state index in [0.717, 1.165) is 13.1 Å². The number of rotatable bonds is 5. The van der Waals surface area contributed by atoms with E-state index in [4.69, 9.17) is 5.11 Å². The third-order valence-corrected chi connectivity index (χ3v) is 5.50. The van der Waals surface area contributed by atoms with Gasteiger partial charge in [-0.05, 0) is 20.4 Å². The Hall–Kier alpha value is -0.960. The molecule has 114 valence electrons. The zero-order valence-electron chi connectivity index (χ0n) is 11.9. The van der Waals surface area contributed by atoms with Crippen molar-refractivity contribution in [2.45, 2.75) is 30.8 Å². The molecule has 0 amide bonds. The van der Waals surface area contributed by atoms with E-state index in [9.17, 15) is 8.42 Å². The van der Waals surface area contributed by atoms with Crippen LogP contribution < -0.4 is 0 Å². The molecule has 0 bridgehead atoms. The van der Waals surface area contributed by atoms with Gasteiger partial charge in [-0.2, -0.15) is 9.40 Å². The van der Waals surface area contributed by atoms with Gasteiger partial charge in [0.05, 0.1) is 6.20 Å². The van der Waals surface area contributed by atoms with Crippen molar-refractivity contribution in [3.05, 3.63) is 12.4 Å². The normalized spacial score (nSPS) is 22.2. The Labute approximate surface area is 119 Å². The fourth-order valence-electron chi connectivity index (χ4n) is 2.45. The quantitative estimate of drug-likeness (QED) is 0.800. The van der Waals surface area contributed by atoms with E-state index in [1.165, 1.54) is 12.4 Å². The largest absolute Gasteiger partial charge is 0.396 e. The zero-order valence-corrected chi connectivity index (χ0v) is 12.8. The van der Waals surface area contributed by atoms with Gasteiger partial charge in [0.2, 0.25) is 10.0 Å². The Bertz CT molecular complexity index is 543. The van der Waals surface area contributed by atoms with Crippen LogP contribution in [-0.4, -0.2) is 71.8 Å². The second kappa shape index (κ2) is 6.21. The van der Waals surface area contributed by atoms with Crippen molar-refractivity contribution in [2.75, 3.05) is 33.3 Å². The minimum atomic E-state index is -3.48. The summed E-state index contributed by atoms with van der Waals surface area (Å²) in [4.78, 5) is 2.35. The first-order valence-electron chi connectivity index (χ1n) is 6.79. The van der Waals surface area contributed by atoms with Gasteiger partial charge < -0.3 is 10.0 Å². The first-order valence-corrected chi connectivity index (χ1v) is 8.23. The predicted octanol–water partition coefficient (Wildman–Crippen LogP) is -0.410. The lowest BCUT2D eigenvalue weighted by Crippen LogP contribution is -2.52. The summed E-state index contributed by atoms with van der Waals surface area (Å²) in [7, 11) is -1.48. The second-order valence-corrected chi connectivity index (χ2v) is 7.13. The highest BCUT2D eigenvalue weighted by Crippen LogP contribution is 2.20. The molecule has 0 aliphatic carbocycles. The Balaban J connectivity index is 2.15. The number of hydrogen-bond acceptors (Lipinski definition) is 5. The first kappa shape index (κ1) is 15.4. The van der Waals surface area contributed by atoms with Crippen molar-refractivity contribution >= 4 is 10.0 Å². The summed E-state index contributed by atoms with van der Waals surface area (Å²) in [6.45, 7) is 4.48. The second-order valence-electron chi connectivity index (χ2n) is 5.24. The van der Waals surface area contributed by atoms with Crippen LogP contribution in [0, 0.1) is 0 Å². The number of sulfonamides is 1. The molecule has 1 fully saturated rings. The fourth-order valence-corrected chi connectivity index (χ4v) is 4.02. The fraction of sp³-hybridized carbons (Fsp3) is 0.750. The molecule has 2 rings (SSSR count). The van der Waals surface area contributed by atoms with E-state index in [1.807, 2.05) is 14.0 Å². The Morgan fingerprint density at radius 2 is 2.20 bits per heavy atom. The third kappa shape index (κ3) is 3.20. The van der Waals surface area contributed by atoms with Gasteiger partial charge in [-0.3, -0.25) is 4.68 Å². The van der Waals surface area contributed by atoms with E-state index >= 15 is 0 Å². The molecule has 0 aromatic carbocycles. The van der Waals surface area contributed by atoms with Crippen LogP contribution in [-0.2, 0) is 16.6 Å². The maximum absolute atomic E-state index is 12.6. The zero-order chi connectivity index (χ0) is 14.8. The molecule has 1 aliphatic heterocycles. The number of nitrogens with zero attached hydrogens (tertiary/aromatic N) is 4. The summed E-state index contributed by atoms with van der Waals surface area (Å²) in [5, 5.41) is 12.8. The smallest absolute Gasteiger partial charge is 0.246 e. The van der Waals surface area contributed by atoms with Crippen molar-refractivity contribution in [3.63, 3.8) is 0 Å². The van der Waals surface area contributed by atoms with Crippen LogP contribution in [0.25, 0.3) is 0 Å². The standard InChI is InChI=1S/C12H22N4O3S/c1-11-9-14(2)5-6-16(11)20(18,19)12-8-13-15(10-12)4-3-7-17/h8,10-11,17H,3-7,9H2,1-2H3. The van der Waals surface area contributed by atoms with E-state index < -0.39 is 10.0 Å². The van der Waals surface area contributed by atoms with Gasteiger partial charge in [-0.25, -0.2) is 8.42 Å². The van der Waals surface area contributed by atoms with E-state index in [2.05, 4.69) is 10.00 Å². The van der Waals surface area contributed by atoms with Crippen LogP contribution in [0.3, 0.4) is 0 Å². The summed E-state index contributed by atoms with van der Waals surface area (Å²) < 4.78 is 28.3. The lowest BCUT2D eigenvalue weighted by atomic mass is 10.2. The Kier molecular flexibility index (Phi) is 4.79. The third-order valence-electron chi connectivity index (χ3n) is 3.53. The molecule has 0 spiro atoms. The summed E-state index contributed by atoms with van der Waals surface area (Å²) in [5.41, 5.74) is 0. The molecular formula is C12H22N4O3S. The van der Waals surface area contributed by atoms with E-state index in [1.54, 1.807) is 8.99 Å². The predicted molar refractivity (Wildman–Crippen MR) is 74.8 cm³/mol. The molecule has 7 nitrogen and oxygen atoms in total. The van der Waals surface area contributed by atoms with E-state index in [-0.39, 0.29) is 17.5 Å². The molecule has 2 heterocycles. The molecule has 1 aromatic heterocycles. The summed E-state index contributed by atoms with van der Waals surface area (Å²) in [5.74, 6) is 0. The van der Waals surface area contributed by atoms with Crippen LogP contribution in [0.15, 0.2) is 17.3 Å². The maximum Gasteiger partial charge on any atom is 0.246 e. The topological polar surface area (TPSA) is 78.7 Å². The Morgan fingerprint density at radius 3 is 2.85 bits per heavy atom. The molecule has 1 saturated heterocycles. The number of hydrogen-bond donors (Lipinski definition) is 1. The van der Waals surface area contributed by atoms with Crippen LogP contribution in [0.5, 0.6) is 0 Å². The lowest BCUT2D eigenvalue weighted by Gasteiger charge is -2.36. The Morgan fingerprint density at radius 1 is 1.45 bits per heavy atom. The summed E-state index contributed by atoms with van der Waals surface area (Å²) in [6, 6.07) is -0.0421. The molecule has 0 saturated carbocycles. The molecular weight excluding hydrogens is 280 g/mol. The summed E-state index contributed by atoms with van der Waals surface area (Å²) >= 11 is 0. The molecule has 1 aliphatic rings. The molecule has 8 heteroatoms. The number of aryl methyl sites for hydroxylation is 1. The highest BCUT2D eigenvalue weighted by molar-refractivity contribution is 7.89. The first-order chi connectivity index (χ1) is 9.45. The van der Waals surface area contributed by atoms with Gasteiger partial charge in [0.25, 0.3) is 0 Å². The average Bonchev–Trinajstić information content (AvgIpc) is 2.85. The highest BCUT2D eigenvalue weighted by atomic mass is 32.2. The number of aliphatic hydroxyl groups excluding tert-OH is 1. The van der Waals surface area contributed by atoms with Crippen LogP contribution in [0.2, 0.25) is 0 Å². The van der Waals surface area contributed by atoms with Gasteiger partial charge >= 0.3 is 0 Å². The van der Waals surface area contributed by atoms with Crippen LogP contribution >= 0.6 is 0 Å². The summed E-state index contributed by atoms with van der Waals surface area (Å²) in [6.07, 6.45) is 3.49. The van der Waals surface area contributed by atoms with Gasteiger partial charge in [-0.15, -0.1) is 0 Å². The molecule has 0 radical (unpaired) electrons. The van der Waals surface area contributed by atoms with E-state index in [0.29, 0.717) is 19.5 Å². The average molecular weight is 302 g/mol. The minimum absolute atomic E-state index is 0.0421. The van der Waals surface area contributed by atoms with Crippen molar-refractivity contribution < 1.29 is 13.5 Å². The number of piperazine rings is 1. The number of aromatic nitrogens is 2. The van der Waals surface area contributed by atoms with Crippen molar-refractivity contribution in [1.29, 1.82) is 0 Å². The molecule has 1 unspecified atom stereocenters. The molecule has 1 aromatic rings. The SMILES string of the molecule is CC1CN(C)CCN1S(=O)(=O)c1cnn(CCCO)c1. The highest BCUT2D eigenvalue weighted by Gasteiger charge is 2.33. The lowest BCUT2D eigenvalue weighted by molar-refractivity contribution is 0.170. The molecule has 1 atom stereocenters. The molecule has 20 heavy (non-hydrogen) atoms. The number of aliphatic hydroxyl groups is 1. The van der Waals surface area contributed by atoms with Crippen LogP contribution in [0.1, 0.15) is 13.3 Å². The minimum Gasteiger partial charge on any atom is -0.396 e. The van der Waals surface area contributed by atoms with Crippen LogP contribution in [0.4, 0.5) is 0 Å². The monoisotopic (exact) mass is 302 g/mol. The number of likely N-dealkylation sites (N-methyl/N-ethyl adjacent to an activating group) is 1. The van der Waals surface area contributed by atoms with Crippen molar-refractivity contribution in [2.24, 2.45) is 0 Å².